The average molecular weight is 268 g/mol. The Balaban J connectivity index is 3.70. The van der Waals surface area contributed by atoms with Crippen molar-refractivity contribution < 1.29 is 30.6 Å². The number of hydrogen-bond acceptors (Lipinski definition) is 8. The molecule has 0 fully saturated rings. The number of aliphatic hydroxyl groups is 6. The molecule has 0 spiro atoms. The van der Waals surface area contributed by atoms with Crippen molar-refractivity contribution in [3.8, 4) is 0 Å². The van der Waals surface area contributed by atoms with Crippen molar-refractivity contribution in [1.82, 2.24) is 10.6 Å². The second-order valence-electron chi connectivity index (χ2n) is 3.98. The van der Waals surface area contributed by atoms with Crippen LogP contribution in [-0.2, 0) is 0 Å². The van der Waals surface area contributed by atoms with Crippen LogP contribution in [0, 0.1) is 0 Å². The molecule has 0 amide bonds. The third-order valence-electron chi connectivity index (χ3n) is 2.45. The first-order valence-electron chi connectivity index (χ1n) is 5.90. The minimum atomic E-state index is -1.60. The Bertz CT molecular complexity index is 197. The molecule has 0 aliphatic heterocycles. The van der Waals surface area contributed by atoms with E-state index in [0.29, 0.717) is 19.6 Å². The van der Waals surface area contributed by atoms with Crippen molar-refractivity contribution in [3.63, 3.8) is 0 Å². The summed E-state index contributed by atoms with van der Waals surface area (Å²) >= 11 is 0. The van der Waals surface area contributed by atoms with Crippen LogP contribution in [0.15, 0.2) is 0 Å². The highest BCUT2D eigenvalue weighted by atomic mass is 16.4. The molecular weight excluding hydrogens is 244 g/mol. The van der Waals surface area contributed by atoms with Crippen molar-refractivity contribution in [1.29, 1.82) is 0 Å². The Morgan fingerprint density at radius 1 is 0.722 bits per heavy atom. The molecule has 0 saturated carbocycles. The molecule has 0 rings (SSSR count). The standard InChI is InChI=1S/C10H24N2O6/c13-4-3-11-1-2-12-5-7(15)9(17)10(18)8(16)6-14/h7-18H,1-6H2/t7-,8+,9+,10+/m0/s1. The lowest BCUT2D eigenvalue weighted by molar-refractivity contribution is -0.113. The second kappa shape index (κ2) is 10.6. The third kappa shape index (κ3) is 7.19. The fraction of sp³-hybridized carbons (Fsp3) is 1.00. The van der Waals surface area contributed by atoms with E-state index >= 15 is 0 Å². The second-order valence-corrected chi connectivity index (χ2v) is 3.98. The van der Waals surface area contributed by atoms with Gasteiger partial charge in [0.25, 0.3) is 0 Å². The molecule has 0 radical (unpaired) electrons. The Labute approximate surface area is 106 Å². The molecule has 0 aromatic carbocycles. The summed E-state index contributed by atoms with van der Waals surface area (Å²) in [5, 5.41) is 60.2. The predicted molar refractivity (Wildman–Crippen MR) is 63.9 cm³/mol. The monoisotopic (exact) mass is 268 g/mol. The molecule has 18 heavy (non-hydrogen) atoms. The van der Waals surface area contributed by atoms with Gasteiger partial charge in [-0.3, -0.25) is 0 Å². The molecule has 0 heterocycles. The zero-order chi connectivity index (χ0) is 14.0. The van der Waals surface area contributed by atoms with Gasteiger partial charge in [-0.05, 0) is 0 Å². The molecular formula is C10H24N2O6. The van der Waals surface area contributed by atoms with E-state index in [-0.39, 0.29) is 13.2 Å². The number of rotatable bonds is 11. The van der Waals surface area contributed by atoms with Crippen LogP contribution in [0.3, 0.4) is 0 Å². The number of nitrogens with one attached hydrogen (secondary N) is 2. The Morgan fingerprint density at radius 2 is 1.28 bits per heavy atom. The smallest absolute Gasteiger partial charge is 0.111 e. The highest BCUT2D eigenvalue weighted by molar-refractivity contribution is 4.81. The molecule has 0 bridgehead atoms. The van der Waals surface area contributed by atoms with E-state index in [2.05, 4.69) is 10.6 Å². The molecule has 0 aromatic heterocycles. The maximum atomic E-state index is 9.51. The van der Waals surface area contributed by atoms with Crippen LogP contribution in [-0.4, -0.2) is 94.4 Å². The van der Waals surface area contributed by atoms with E-state index in [0.717, 1.165) is 0 Å². The van der Waals surface area contributed by atoms with Gasteiger partial charge in [-0.15, -0.1) is 0 Å². The topological polar surface area (TPSA) is 145 Å². The highest BCUT2D eigenvalue weighted by Crippen LogP contribution is 2.04. The lowest BCUT2D eigenvalue weighted by Gasteiger charge is -2.25. The first kappa shape index (κ1) is 17.7. The van der Waals surface area contributed by atoms with Gasteiger partial charge < -0.3 is 41.3 Å². The molecule has 4 atom stereocenters. The summed E-state index contributed by atoms with van der Waals surface area (Å²) in [6.07, 6.45) is -5.87. The van der Waals surface area contributed by atoms with Crippen LogP contribution < -0.4 is 10.6 Å². The lowest BCUT2D eigenvalue weighted by Crippen LogP contribution is -2.49. The number of aliphatic hydroxyl groups excluding tert-OH is 6. The van der Waals surface area contributed by atoms with Crippen molar-refractivity contribution in [2.45, 2.75) is 24.4 Å². The molecule has 0 saturated heterocycles. The van der Waals surface area contributed by atoms with Crippen LogP contribution >= 0.6 is 0 Å². The van der Waals surface area contributed by atoms with E-state index in [9.17, 15) is 15.3 Å². The van der Waals surface area contributed by atoms with Gasteiger partial charge in [0, 0.05) is 26.2 Å². The maximum absolute atomic E-state index is 9.51. The van der Waals surface area contributed by atoms with Crippen molar-refractivity contribution in [3.05, 3.63) is 0 Å². The largest absolute Gasteiger partial charge is 0.395 e. The molecule has 8 heteroatoms. The molecule has 0 aliphatic carbocycles. The average Bonchev–Trinajstić information content (AvgIpc) is 2.39. The van der Waals surface area contributed by atoms with Crippen LogP contribution in [0.25, 0.3) is 0 Å². The normalized spacial score (nSPS) is 18.3. The number of hydrogen-bond donors (Lipinski definition) is 8. The Kier molecular flexibility index (Phi) is 10.4. The summed E-state index contributed by atoms with van der Waals surface area (Å²) < 4.78 is 0. The molecule has 8 N–H and O–H groups in total. The Hall–Kier alpha value is -0.320. The SMILES string of the molecule is OCCNCCNC[C@H](O)[C@@H](O)[C@H](O)[C@H](O)CO. The van der Waals surface area contributed by atoms with E-state index in [1.165, 1.54) is 0 Å². The summed E-state index contributed by atoms with van der Waals surface area (Å²) in [5.74, 6) is 0. The van der Waals surface area contributed by atoms with E-state index < -0.39 is 31.0 Å². The van der Waals surface area contributed by atoms with Gasteiger partial charge in [-0.1, -0.05) is 0 Å². The summed E-state index contributed by atoms with van der Waals surface area (Å²) in [5.41, 5.74) is 0. The van der Waals surface area contributed by atoms with E-state index in [4.69, 9.17) is 15.3 Å². The molecule has 110 valence electrons. The molecule has 0 unspecified atom stereocenters. The fourth-order valence-corrected chi connectivity index (χ4v) is 1.31. The zero-order valence-corrected chi connectivity index (χ0v) is 10.2. The van der Waals surface area contributed by atoms with Gasteiger partial charge in [0.15, 0.2) is 0 Å². The molecule has 0 aliphatic rings. The minimum Gasteiger partial charge on any atom is -0.395 e. The van der Waals surface area contributed by atoms with Crippen LogP contribution in [0.4, 0.5) is 0 Å². The van der Waals surface area contributed by atoms with Crippen LogP contribution in [0.2, 0.25) is 0 Å². The van der Waals surface area contributed by atoms with Gasteiger partial charge in [0.2, 0.25) is 0 Å². The van der Waals surface area contributed by atoms with E-state index in [1.54, 1.807) is 0 Å². The summed E-state index contributed by atoms with van der Waals surface area (Å²) in [6.45, 7) is 0.981. The van der Waals surface area contributed by atoms with Gasteiger partial charge in [0.1, 0.15) is 18.3 Å². The van der Waals surface area contributed by atoms with Gasteiger partial charge in [0.05, 0.1) is 19.3 Å². The minimum absolute atomic E-state index is 0.0389. The summed E-state index contributed by atoms with van der Waals surface area (Å²) in [4.78, 5) is 0. The quantitative estimate of drug-likeness (QED) is 0.175. The molecule has 8 nitrogen and oxygen atoms in total. The van der Waals surface area contributed by atoms with Gasteiger partial charge in [-0.2, -0.15) is 0 Å². The fourth-order valence-electron chi connectivity index (χ4n) is 1.31. The first-order valence-corrected chi connectivity index (χ1v) is 5.90. The van der Waals surface area contributed by atoms with E-state index in [1.807, 2.05) is 0 Å². The summed E-state index contributed by atoms with van der Waals surface area (Å²) in [6, 6.07) is 0. The predicted octanol–water partition coefficient (Wildman–Crippen LogP) is -4.41. The maximum Gasteiger partial charge on any atom is 0.111 e. The zero-order valence-electron chi connectivity index (χ0n) is 10.2. The van der Waals surface area contributed by atoms with Crippen LogP contribution in [0.1, 0.15) is 0 Å². The third-order valence-corrected chi connectivity index (χ3v) is 2.45. The van der Waals surface area contributed by atoms with Crippen LogP contribution in [0.5, 0.6) is 0 Å². The molecule has 0 aromatic rings. The highest BCUT2D eigenvalue weighted by Gasteiger charge is 2.29. The first-order chi connectivity index (χ1) is 8.54. The Morgan fingerprint density at radius 3 is 1.83 bits per heavy atom. The van der Waals surface area contributed by atoms with Gasteiger partial charge in [-0.25, -0.2) is 0 Å². The van der Waals surface area contributed by atoms with Gasteiger partial charge >= 0.3 is 0 Å². The van der Waals surface area contributed by atoms with Crippen molar-refractivity contribution >= 4 is 0 Å². The van der Waals surface area contributed by atoms with Crippen molar-refractivity contribution in [2.24, 2.45) is 0 Å². The summed E-state index contributed by atoms with van der Waals surface area (Å²) in [7, 11) is 0. The van der Waals surface area contributed by atoms with Crippen molar-refractivity contribution in [2.75, 3.05) is 39.4 Å². The lowest BCUT2D eigenvalue weighted by atomic mass is 10.0.